The molecule has 0 saturated heterocycles. The highest BCUT2D eigenvalue weighted by Gasteiger charge is 2.14. The molecular formula is C12H20BrN5O. The van der Waals surface area contributed by atoms with Crippen LogP contribution in [0.25, 0.3) is 0 Å². The Kier molecular flexibility index (Phi) is 5.53. The van der Waals surface area contributed by atoms with Crippen LogP contribution in [0.1, 0.15) is 27.7 Å². The van der Waals surface area contributed by atoms with Crippen LogP contribution in [0, 0.1) is 0 Å². The van der Waals surface area contributed by atoms with E-state index >= 15 is 0 Å². The molecule has 0 radical (unpaired) electrons. The smallest absolute Gasteiger partial charge is 0.239 e. The van der Waals surface area contributed by atoms with Gasteiger partial charge in [-0.25, -0.2) is 4.98 Å². The van der Waals surface area contributed by atoms with Gasteiger partial charge in [0.1, 0.15) is 5.82 Å². The minimum Gasteiger partial charge on any atom is -0.360 e. The van der Waals surface area contributed by atoms with Gasteiger partial charge in [-0.3, -0.25) is 4.79 Å². The Bertz CT molecular complexity index is 444. The second-order valence-electron chi connectivity index (χ2n) is 5.07. The lowest BCUT2D eigenvalue weighted by atomic mass is 10.1. The van der Waals surface area contributed by atoms with Crippen molar-refractivity contribution in [2.45, 2.75) is 33.2 Å². The van der Waals surface area contributed by atoms with Gasteiger partial charge < -0.3 is 16.0 Å². The highest BCUT2D eigenvalue weighted by atomic mass is 79.9. The molecule has 1 aromatic heterocycles. The van der Waals surface area contributed by atoms with Crippen LogP contribution in [0.3, 0.4) is 0 Å². The maximum atomic E-state index is 11.7. The van der Waals surface area contributed by atoms with Crippen molar-refractivity contribution in [1.82, 2.24) is 15.3 Å². The Morgan fingerprint density at radius 1 is 1.37 bits per heavy atom. The quantitative estimate of drug-likeness (QED) is 0.770. The van der Waals surface area contributed by atoms with Crippen LogP contribution >= 0.6 is 15.9 Å². The van der Waals surface area contributed by atoms with Crippen molar-refractivity contribution < 1.29 is 4.79 Å². The van der Waals surface area contributed by atoms with Gasteiger partial charge in [0.25, 0.3) is 0 Å². The largest absolute Gasteiger partial charge is 0.360 e. The van der Waals surface area contributed by atoms with Crippen LogP contribution < -0.4 is 16.0 Å². The van der Waals surface area contributed by atoms with Crippen LogP contribution in [0.15, 0.2) is 10.7 Å². The lowest BCUT2D eigenvalue weighted by Crippen LogP contribution is -2.43. The molecule has 6 nitrogen and oxygen atoms in total. The van der Waals surface area contributed by atoms with E-state index in [2.05, 4.69) is 41.8 Å². The van der Waals surface area contributed by atoms with E-state index in [1.54, 1.807) is 6.20 Å². The lowest BCUT2D eigenvalue weighted by molar-refractivity contribution is -0.120. The summed E-state index contributed by atoms with van der Waals surface area (Å²) >= 11 is 3.35. The van der Waals surface area contributed by atoms with Gasteiger partial charge >= 0.3 is 0 Å². The summed E-state index contributed by atoms with van der Waals surface area (Å²) in [5, 5.41) is 8.87. The molecule has 1 heterocycles. The Morgan fingerprint density at radius 3 is 2.63 bits per heavy atom. The van der Waals surface area contributed by atoms with Gasteiger partial charge in [-0.15, -0.1) is 0 Å². The van der Waals surface area contributed by atoms with Crippen molar-refractivity contribution in [1.29, 1.82) is 0 Å². The van der Waals surface area contributed by atoms with Crippen LogP contribution in [-0.2, 0) is 4.79 Å². The number of carbonyl (C=O) groups excluding carboxylic acids is 1. The molecule has 0 aliphatic carbocycles. The van der Waals surface area contributed by atoms with Gasteiger partial charge in [0, 0.05) is 18.3 Å². The molecule has 0 aliphatic heterocycles. The molecule has 106 valence electrons. The Balaban J connectivity index is 2.61. The first kappa shape index (κ1) is 15.7. The summed E-state index contributed by atoms with van der Waals surface area (Å²) in [7, 11) is 0. The van der Waals surface area contributed by atoms with Crippen molar-refractivity contribution in [2.24, 2.45) is 0 Å². The number of halogens is 1. The second kappa shape index (κ2) is 6.70. The van der Waals surface area contributed by atoms with E-state index in [9.17, 15) is 4.79 Å². The molecule has 0 aliphatic rings. The standard InChI is InChI=1S/C12H20BrN5O/c1-5-14-11-16-6-8(13)10(17-11)15-7-9(19)18-12(2,3)4/h6H,5,7H2,1-4H3,(H,18,19)(H2,14,15,16,17). The first-order chi connectivity index (χ1) is 8.81. The number of hydrogen-bond donors (Lipinski definition) is 3. The van der Waals surface area contributed by atoms with Crippen LogP contribution in [0.4, 0.5) is 11.8 Å². The van der Waals surface area contributed by atoms with E-state index in [-0.39, 0.29) is 18.0 Å². The molecule has 0 aromatic carbocycles. The third kappa shape index (κ3) is 5.87. The molecule has 0 fully saturated rings. The summed E-state index contributed by atoms with van der Waals surface area (Å²) in [5.41, 5.74) is -0.239. The van der Waals surface area contributed by atoms with E-state index in [1.165, 1.54) is 0 Å². The van der Waals surface area contributed by atoms with Gasteiger partial charge in [-0.1, -0.05) is 0 Å². The maximum Gasteiger partial charge on any atom is 0.239 e. The highest BCUT2D eigenvalue weighted by molar-refractivity contribution is 9.10. The van der Waals surface area contributed by atoms with E-state index in [0.29, 0.717) is 11.8 Å². The fraction of sp³-hybridized carbons (Fsp3) is 0.583. The average Bonchev–Trinajstić information content (AvgIpc) is 2.28. The van der Waals surface area contributed by atoms with Crippen LogP contribution in [0.2, 0.25) is 0 Å². The number of amides is 1. The summed E-state index contributed by atoms with van der Waals surface area (Å²) in [5.74, 6) is 1.04. The van der Waals surface area contributed by atoms with E-state index in [1.807, 2.05) is 27.7 Å². The summed E-state index contributed by atoms with van der Waals surface area (Å²) < 4.78 is 0.720. The Labute approximate surface area is 121 Å². The molecule has 3 N–H and O–H groups in total. The highest BCUT2D eigenvalue weighted by Crippen LogP contribution is 2.19. The normalized spacial score (nSPS) is 11.0. The zero-order valence-corrected chi connectivity index (χ0v) is 13.3. The van der Waals surface area contributed by atoms with Gasteiger partial charge in [-0.05, 0) is 43.6 Å². The number of anilines is 2. The SMILES string of the molecule is CCNc1ncc(Br)c(NCC(=O)NC(C)(C)C)n1. The monoisotopic (exact) mass is 329 g/mol. The summed E-state index contributed by atoms with van der Waals surface area (Å²) in [4.78, 5) is 20.1. The number of nitrogens with zero attached hydrogens (tertiary/aromatic N) is 2. The molecule has 0 atom stereocenters. The molecule has 0 unspecified atom stereocenters. The van der Waals surface area contributed by atoms with Gasteiger partial charge in [0.2, 0.25) is 11.9 Å². The molecular weight excluding hydrogens is 310 g/mol. The predicted molar refractivity (Wildman–Crippen MR) is 80.3 cm³/mol. The number of rotatable bonds is 5. The van der Waals surface area contributed by atoms with Crippen molar-refractivity contribution in [3.8, 4) is 0 Å². The number of aromatic nitrogens is 2. The van der Waals surface area contributed by atoms with E-state index in [4.69, 9.17) is 0 Å². The van der Waals surface area contributed by atoms with Crippen molar-refractivity contribution in [3.05, 3.63) is 10.7 Å². The molecule has 7 heteroatoms. The van der Waals surface area contributed by atoms with Gasteiger partial charge in [0.15, 0.2) is 0 Å². The third-order valence-electron chi connectivity index (χ3n) is 2.01. The zero-order chi connectivity index (χ0) is 14.5. The lowest BCUT2D eigenvalue weighted by Gasteiger charge is -2.20. The van der Waals surface area contributed by atoms with Crippen LogP contribution in [0.5, 0.6) is 0 Å². The van der Waals surface area contributed by atoms with Crippen molar-refractivity contribution in [3.63, 3.8) is 0 Å². The van der Waals surface area contributed by atoms with Crippen LogP contribution in [-0.4, -0.2) is 34.5 Å². The number of hydrogen-bond acceptors (Lipinski definition) is 5. The Morgan fingerprint density at radius 2 is 2.05 bits per heavy atom. The topological polar surface area (TPSA) is 78.9 Å². The minimum absolute atomic E-state index is 0.0805. The minimum atomic E-state index is -0.239. The van der Waals surface area contributed by atoms with E-state index in [0.717, 1.165) is 11.0 Å². The fourth-order valence-corrected chi connectivity index (χ4v) is 1.69. The molecule has 0 spiro atoms. The third-order valence-corrected chi connectivity index (χ3v) is 2.59. The first-order valence-electron chi connectivity index (χ1n) is 6.13. The second-order valence-corrected chi connectivity index (χ2v) is 5.93. The molecule has 1 amide bonds. The zero-order valence-electron chi connectivity index (χ0n) is 11.7. The predicted octanol–water partition coefficient (Wildman–Crippen LogP) is 2.00. The van der Waals surface area contributed by atoms with E-state index < -0.39 is 0 Å². The molecule has 0 saturated carbocycles. The summed E-state index contributed by atoms with van der Waals surface area (Å²) in [6.07, 6.45) is 1.65. The fourth-order valence-electron chi connectivity index (χ4n) is 1.36. The number of nitrogens with one attached hydrogen (secondary N) is 3. The first-order valence-corrected chi connectivity index (χ1v) is 6.92. The van der Waals surface area contributed by atoms with Gasteiger partial charge in [-0.2, -0.15) is 4.98 Å². The molecule has 1 rings (SSSR count). The Hall–Kier alpha value is -1.37. The molecule has 0 bridgehead atoms. The van der Waals surface area contributed by atoms with Crippen molar-refractivity contribution >= 4 is 33.6 Å². The molecule has 1 aromatic rings. The average molecular weight is 330 g/mol. The summed E-state index contributed by atoms with van der Waals surface area (Å²) in [6.45, 7) is 8.69. The summed E-state index contributed by atoms with van der Waals surface area (Å²) in [6, 6.07) is 0. The number of carbonyl (C=O) groups is 1. The van der Waals surface area contributed by atoms with Gasteiger partial charge in [0.05, 0.1) is 11.0 Å². The maximum absolute atomic E-state index is 11.7. The van der Waals surface area contributed by atoms with Crippen molar-refractivity contribution in [2.75, 3.05) is 23.7 Å². The molecule has 19 heavy (non-hydrogen) atoms.